The SMILES string of the molecule is CC1CCCN(S(=O)(=O)NCCc2c[nH]c3ccccc23)C1. The van der Waals surface area contributed by atoms with Crippen molar-refractivity contribution in [3.8, 4) is 0 Å². The Hall–Kier alpha value is -1.37. The van der Waals surface area contributed by atoms with Crippen LogP contribution in [0, 0.1) is 5.92 Å². The molecule has 2 aromatic rings. The van der Waals surface area contributed by atoms with Gasteiger partial charge in [-0.1, -0.05) is 25.1 Å². The summed E-state index contributed by atoms with van der Waals surface area (Å²) in [7, 11) is -3.35. The molecule has 1 fully saturated rings. The Morgan fingerprint density at radius 1 is 1.36 bits per heavy atom. The number of aromatic amines is 1. The van der Waals surface area contributed by atoms with E-state index in [1.165, 1.54) is 0 Å². The maximum Gasteiger partial charge on any atom is 0.279 e. The van der Waals surface area contributed by atoms with Gasteiger partial charge in [-0.3, -0.25) is 0 Å². The molecule has 0 radical (unpaired) electrons. The summed E-state index contributed by atoms with van der Waals surface area (Å²) in [6, 6.07) is 8.07. The minimum Gasteiger partial charge on any atom is -0.361 e. The van der Waals surface area contributed by atoms with Crippen LogP contribution >= 0.6 is 0 Å². The topological polar surface area (TPSA) is 65.2 Å². The van der Waals surface area contributed by atoms with Gasteiger partial charge in [0.05, 0.1) is 0 Å². The van der Waals surface area contributed by atoms with Gasteiger partial charge in [-0.05, 0) is 36.8 Å². The zero-order valence-corrected chi connectivity index (χ0v) is 13.7. The maximum absolute atomic E-state index is 12.3. The lowest BCUT2D eigenvalue weighted by Gasteiger charge is -2.29. The lowest BCUT2D eigenvalue weighted by molar-refractivity contribution is 0.278. The molecule has 2 N–H and O–H groups in total. The molecule has 3 rings (SSSR count). The summed E-state index contributed by atoms with van der Waals surface area (Å²) in [6.07, 6.45) is 4.71. The quantitative estimate of drug-likeness (QED) is 0.887. The molecule has 1 atom stereocenters. The van der Waals surface area contributed by atoms with Crippen LogP contribution in [0.5, 0.6) is 0 Å². The summed E-state index contributed by atoms with van der Waals surface area (Å²) in [5, 5.41) is 1.16. The van der Waals surface area contributed by atoms with Crippen LogP contribution in [0.4, 0.5) is 0 Å². The number of fused-ring (bicyclic) bond motifs is 1. The molecule has 5 nitrogen and oxygen atoms in total. The molecular weight excluding hydrogens is 298 g/mol. The molecule has 120 valence electrons. The number of para-hydroxylation sites is 1. The van der Waals surface area contributed by atoms with Crippen LogP contribution in [0.2, 0.25) is 0 Å². The molecule has 1 aromatic heterocycles. The fourth-order valence-electron chi connectivity index (χ4n) is 3.11. The van der Waals surface area contributed by atoms with Crippen LogP contribution in [0.1, 0.15) is 25.3 Å². The predicted octanol–water partition coefficient (Wildman–Crippen LogP) is 2.28. The van der Waals surface area contributed by atoms with E-state index in [0.717, 1.165) is 29.3 Å². The van der Waals surface area contributed by atoms with Crippen LogP contribution < -0.4 is 4.72 Å². The number of H-pyrrole nitrogens is 1. The number of piperidine rings is 1. The van der Waals surface area contributed by atoms with Gasteiger partial charge >= 0.3 is 0 Å². The molecule has 0 spiro atoms. The van der Waals surface area contributed by atoms with Crippen molar-refractivity contribution in [1.29, 1.82) is 0 Å². The third kappa shape index (κ3) is 3.34. The van der Waals surface area contributed by atoms with E-state index in [1.807, 2.05) is 24.4 Å². The van der Waals surface area contributed by atoms with Crippen LogP contribution in [0.25, 0.3) is 10.9 Å². The molecule has 1 saturated heterocycles. The first-order valence-electron chi connectivity index (χ1n) is 7.86. The summed E-state index contributed by atoms with van der Waals surface area (Å²) >= 11 is 0. The van der Waals surface area contributed by atoms with E-state index < -0.39 is 10.2 Å². The first-order valence-corrected chi connectivity index (χ1v) is 9.30. The second-order valence-corrected chi connectivity index (χ2v) is 7.87. The number of nitrogens with zero attached hydrogens (tertiary/aromatic N) is 1. The number of hydrogen-bond acceptors (Lipinski definition) is 2. The third-order valence-electron chi connectivity index (χ3n) is 4.31. The van der Waals surface area contributed by atoms with Crippen molar-refractivity contribution < 1.29 is 8.42 Å². The number of hydrogen-bond donors (Lipinski definition) is 2. The molecule has 2 heterocycles. The maximum atomic E-state index is 12.3. The Bertz CT molecular complexity index is 739. The van der Waals surface area contributed by atoms with Crippen molar-refractivity contribution in [1.82, 2.24) is 14.0 Å². The highest BCUT2D eigenvalue weighted by Crippen LogP contribution is 2.19. The molecule has 1 aliphatic heterocycles. The van der Waals surface area contributed by atoms with Gasteiger partial charge in [0.2, 0.25) is 0 Å². The minimum atomic E-state index is -3.35. The molecule has 0 saturated carbocycles. The van der Waals surface area contributed by atoms with Crippen molar-refractivity contribution in [2.24, 2.45) is 5.92 Å². The van der Waals surface area contributed by atoms with Crippen LogP contribution in [-0.4, -0.2) is 37.3 Å². The van der Waals surface area contributed by atoms with E-state index >= 15 is 0 Å². The molecular formula is C16H23N3O2S. The van der Waals surface area contributed by atoms with Crippen LogP contribution in [0.15, 0.2) is 30.5 Å². The third-order valence-corrected chi connectivity index (χ3v) is 5.89. The first kappa shape index (κ1) is 15.5. The predicted molar refractivity (Wildman–Crippen MR) is 88.9 cm³/mol. The van der Waals surface area contributed by atoms with Gasteiger partial charge in [0.1, 0.15) is 0 Å². The Balaban J connectivity index is 1.60. The summed E-state index contributed by atoms with van der Waals surface area (Å²) in [5.41, 5.74) is 2.23. The van der Waals surface area contributed by atoms with Gasteiger partial charge in [-0.15, -0.1) is 0 Å². The van der Waals surface area contributed by atoms with Crippen LogP contribution in [0.3, 0.4) is 0 Å². The number of aromatic nitrogens is 1. The van der Waals surface area contributed by atoms with Crippen molar-refractivity contribution in [3.63, 3.8) is 0 Å². The molecule has 0 amide bonds. The van der Waals surface area contributed by atoms with Gasteiger partial charge in [-0.25, -0.2) is 4.72 Å². The molecule has 1 aliphatic rings. The van der Waals surface area contributed by atoms with E-state index in [4.69, 9.17) is 0 Å². The Kier molecular flexibility index (Phi) is 4.52. The zero-order chi connectivity index (χ0) is 15.6. The van der Waals surface area contributed by atoms with E-state index in [2.05, 4.69) is 22.7 Å². The number of benzene rings is 1. The van der Waals surface area contributed by atoms with E-state index in [-0.39, 0.29) is 0 Å². The van der Waals surface area contributed by atoms with Gasteiger partial charge in [-0.2, -0.15) is 12.7 Å². The van der Waals surface area contributed by atoms with E-state index in [1.54, 1.807) is 4.31 Å². The highest BCUT2D eigenvalue weighted by molar-refractivity contribution is 7.87. The largest absolute Gasteiger partial charge is 0.361 e. The number of rotatable bonds is 5. The van der Waals surface area contributed by atoms with Gasteiger partial charge < -0.3 is 4.98 Å². The summed E-state index contributed by atoms with van der Waals surface area (Å²) in [6.45, 7) is 3.79. The molecule has 0 bridgehead atoms. The lowest BCUT2D eigenvalue weighted by Crippen LogP contribution is -2.46. The van der Waals surface area contributed by atoms with E-state index in [9.17, 15) is 8.42 Å². The lowest BCUT2D eigenvalue weighted by atomic mass is 10.0. The van der Waals surface area contributed by atoms with Crippen molar-refractivity contribution in [2.75, 3.05) is 19.6 Å². The van der Waals surface area contributed by atoms with Gasteiger partial charge in [0, 0.05) is 36.7 Å². The molecule has 1 aromatic carbocycles. The standard InChI is InChI=1S/C16H23N3O2S/c1-13-5-4-10-19(12-13)22(20,21)18-9-8-14-11-17-16-7-3-2-6-15(14)16/h2-3,6-7,11,13,17-18H,4-5,8-10,12H2,1H3. The van der Waals surface area contributed by atoms with Gasteiger partial charge in [0.25, 0.3) is 10.2 Å². The Morgan fingerprint density at radius 3 is 3.00 bits per heavy atom. The first-order chi connectivity index (χ1) is 10.6. The summed E-state index contributed by atoms with van der Waals surface area (Å²) < 4.78 is 29.0. The summed E-state index contributed by atoms with van der Waals surface area (Å²) in [5.74, 6) is 0.443. The van der Waals surface area contributed by atoms with Crippen molar-refractivity contribution in [2.45, 2.75) is 26.2 Å². The molecule has 1 unspecified atom stereocenters. The normalized spacial score (nSPS) is 20.5. The second-order valence-electron chi connectivity index (χ2n) is 6.11. The fourth-order valence-corrected chi connectivity index (χ4v) is 4.47. The average molecular weight is 321 g/mol. The number of nitrogens with one attached hydrogen (secondary N) is 2. The van der Waals surface area contributed by atoms with Crippen molar-refractivity contribution >= 4 is 21.1 Å². The highest BCUT2D eigenvalue weighted by Gasteiger charge is 2.26. The second kappa shape index (κ2) is 6.40. The zero-order valence-electron chi connectivity index (χ0n) is 12.9. The monoisotopic (exact) mass is 321 g/mol. The van der Waals surface area contributed by atoms with E-state index in [0.29, 0.717) is 32.0 Å². The average Bonchev–Trinajstić information content (AvgIpc) is 2.91. The molecule has 6 heteroatoms. The highest BCUT2D eigenvalue weighted by atomic mass is 32.2. The van der Waals surface area contributed by atoms with Crippen LogP contribution in [-0.2, 0) is 16.6 Å². The summed E-state index contributed by atoms with van der Waals surface area (Å²) in [4.78, 5) is 3.22. The minimum absolute atomic E-state index is 0.426. The Labute approximate surface area is 131 Å². The fraction of sp³-hybridized carbons (Fsp3) is 0.500. The molecule has 22 heavy (non-hydrogen) atoms. The Morgan fingerprint density at radius 2 is 2.18 bits per heavy atom. The van der Waals surface area contributed by atoms with Crippen molar-refractivity contribution in [3.05, 3.63) is 36.0 Å². The van der Waals surface area contributed by atoms with Gasteiger partial charge in [0.15, 0.2) is 0 Å². The smallest absolute Gasteiger partial charge is 0.279 e. The molecule has 0 aliphatic carbocycles.